The Morgan fingerprint density at radius 1 is 1.04 bits per heavy atom. The molecule has 5 heteroatoms. The summed E-state index contributed by atoms with van der Waals surface area (Å²) in [6, 6.07) is 7.53. The molecule has 0 aromatic heterocycles. The third-order valence-corrected chi connectivity index (χ3v) is 6.72. The van der Waals surface area contributed by atoms with Crippen LogP contribution in [0.3, 0.4) is 0 Å². The molecule has 1 heterocycles. The van der Waals surface area contributed by atoms with Crippen LogP contribution in [0, 0.1) is 23.2 Å². The second-order valence-electron chi connectivity index (χ2n) is 8.46. The average molecular weight is 340 g/mol. The second kappa shape index (κ2) is 5.48. The Labute approximate surface area is 147 Å². The highest BCUT2D eigenvalue weighted by atomic mass is 16.6. The minimum atomic E-state index is -0.301. The number of hydrogen-bond donors (Lipinski definition) is 1. The van der Waals surface area contributed by atoms with E-state index in [2.05, 4.69) is 5.32 Å². The maximum absolute atomic E-state index is 13.1. The van der Waals surface area contributed by atoms with E-state index in [9.17, 15) is 9.59 Å². The molecule has 4 saturated carbocycles. The van der Waals surface area contributed by atoms with Crippen molar-refractivity contribution < 1.29 is 14.3 Å². The number of carbonyl (C=O) groups excluding carboxylic acids is 2. The smallest absolute Gasteiger partial charge is 0.414 e. The van der Waals surface area contributed by atoms with Gasteiger partial charge in [0.1, 0.15) is 6.61 Å². The lowest BCUT2D eigenvalue weighted by atomic mass is 9.49. The van der Waals surface area contributed by atoms with Gasteiger partial charge in [0.15, 0.2) is 0 Å². The Bertz CT molecular complexity index is 677. The molecule has 0 spiro atoms. The van der Waals surface area contributed by atoms with Gasteiger partial charge in [0.2, 0.25) is 5.91 Å². The summed E-state index contributed by atoms with van der Waals surface area (Å²) >= 11 is 0. The number of carbonyl (C=O) groups is 2. The largest absolute Gasteiger partial charge is 0.447 e. The zero-order valence-corrected chi connectivity index (χ0v) is 14.4. The van der Waals surface area contributed by atoms with Crippen molar-refractivity contribution in [3.63, 3.8) is 0 Å². The van der Waals surface area contributed by atoms with E-state index in [4.69, 9.17) is 4.74 Å². The van der Waals surface area contributed by atoms with Crippen molar-refractivity contribution in [2.45, 2.75) is 38.5 Å². The number of cyclic esters (lactones) is 1. The van der Waals surface area contributed by atoms with Crippen molar-refractivity contribution in [1.82, 2.24) is 0 Å². The molecule has 4 aliphatic carbocycles. The van der Waals surface area contributed by atoms with Crippen LogP contribution in [0.25, 0.3) is 0 Å². The molecule has 2 amide bonds. The quantitative estimate of drug-likeness (QED) is 0.910. The van der Waals surface area contributed by atoms with Gasteiger partial charge in [-0.05, 0) is 80.5 Å². The van der Waals surface area contributed by atoms with E-state index in [1.54, 1.807) is 4.90 Å². The number of benzene rings is 1. The zero-order valence-electron chi connectivity index (χ0n) is 14.4. The van der Waals surface area contributed by atoms with Crippen molar-refractivity contribution in [3.05, 3.63) is 24.3 Å². The number of amides is 2. The van der Waals surface area contributed by atoms with Gasteiger partial charge in [-0.3, -0.25) is 9.69 Å². The van der Waals surface area contributed by atoms with Crippen molar-refractivity contribution >= 4 is 23.4 Å². The lowest BCUT2D eigenvalue weighted by Gasteiger charge is -2.55. The molecule has 6 rings (SSSR count). The van der Waals surface area contributed by atoms with E-state index >= 15 is 0 Å². The van der Waals surface area contributed by atoms with Crippen molar-refractivity contribution in [2.24, 2.45) is 23.2 Å². The Hall–Kier alpha value is -2.04. The van der Waals surface area contributed by atoms with E-state index in [0.29, 0.717) is 13.2 Å². The predicted octanol–water partition coefficient (Wildman–Crippen LogP) is 3.80. The molecule has 1 saturated heterocycles. The molecule has 1 aromatic carbocycles. The van der Waals surface area contributed by atoms with Crippen LogP contribution in [0.15, 0.2) is 24.3 Å². The zero-order chi connectivity index (χ0) is 17.0. The molecule has 5 fully saturated rings. The van der Waals surface area contributed by atoms with E-state index in [-0.39, 0.29) is 17.4 Å². The minimum Gasteiger partial charge on any atom is -0.447 e. The molecule has 0 atom stereocenters. The first kappa shape index (κ1) is 15.2. The van der Waals surface area contributed by atoms with Crippen molar-refractivity contribution in [3.8, 4) is 0 Å². The maximum Gasteiger partial charge on any atom is 0.414 e. The summed E-state index contributed by atoms with van der Waals surface area (Å²) in [7, 11) is 0. The molecule has 0 radical (unpaired) electrons. The Morgan fingerprint density at radius 3 is 2.16 bits per heavy atom. The molecular formula is C20H24N2O3. The number of nitrogens with zero attached hydrogens (tertiary/aromatic N) is 1. The highest BCUT2D eigenvalue weighted by Crippen LogP contribution is 2.60. The lowest BCUT2D eigenvalue weighted by Crippen LogP contribution is -2.51. The number of anilines is 2. The van der Waals surface area contributed by atoms with Crippen LogP contribution in [0.1, 0.15) is 38.5 Å². The summed E-state index contributed by atoms with van der Waals surface area (Å²) in [5, 5.41) is 3.15. The molecule has 1 aromatic rings. The molecule has 5 aliphatic rings. The lowest BCUT2D eigenvalue weighted by molar-refractivity contribution is -0.140. The van der Waals surface area contributed by atoms with Crippen LogP contribution in [0.4, 0.5) is 16.2 Å². The maximum atomic E-state index is 13.1. The number of ether oxygens (including phenoxy) is 1. The Kier molecular flexibility index (Phi) is 3.34. The van der Waals surface area contributed by atoms with E-state index in [0.717, 1.165) is 48.4 Å². The molecule has 1 N–H and O–H groups in total. The first-order valence-electron chi connectivity index (χ1n) is 9.47. The molecule has 25 heavy (non-hydrogen) atoms. The topological polar surface area (TPSA) is 58.6 Å². The van der Waals surface area contributed by atoms with Crippen LogP contribution in [-0.2, 0) is 9.53 Å². The molecule has 1 aliphatic heterocycles. The van der Waals surface area contributed by atoms with Gasteiger partial charge in [0.05, 0.1) is 12.0 Å². The summed E-state index contributed by atoms with van der Waals surface area (Å²) < 4.78 is 4.97. The van der Waals surface area contributed by atoms with E-state index in [1.165, 1.54) is 19.3 Å². The van der Waals surface area contributed by atoms with Gasteiger partial charge in [0.25, 0.3) is 0 Å². The van der Waals surface area contributed by atoms with Gasteiger partial charge in [-0.2, -0.15) is 0 Å². The third kappa shape index (κ3) is 2.52. The normalized spacial score (nSPS) is 35.8. The molecule has 5 nitrogen and oxygen atoms in total. The second-order valence-corrected chi connectivity index (χ2v) is 8.46. The number of nitrogens with one attached hydrogen (secondary N) is 1. The van der Waals surface area contributed by atoms with Crippen LogP contribution >= 0.6 is 0 Å². The Morgan fingerprint density at radius 2 is 1.64 bits per heavy atom. The van der Waals surface area contributed by atoms with E-state index in [1.807, 2.05) is 24.3 Å². The van der Waals surface area contributed by atoms with Gasteiger partial charge in [-0.25, -0.2) is 4.79 Å². The van der Waals surface area contributed by atoms with Crippen LogP contribution < -0.4 is 10.2 Å². The first-order valence-corrected chi connectivity index (χ1v) is 9.47. The van der Waals surface area contributed by atoms with Gasteiger partial charge < -0.3 is 10.1 Å². The van der Waals surface area contributed by atoms with Crippen LogP contribution in [-0.4, -0.2) is 25.2 Å². The third-order valence-electron chi connectivity index (χ3n) is 6.72. The average Bonchev–Trinajstić information content (AvgIpc) is 3.00. The van der Waals surface area contributed by atoms with Gasteiger partial charge >= 0.3 is 6.09 Å². The van der Waals surface area contributed by atoms with Gasteiger partial charge in [-0.15, -0.1) is 0 Å². The summed E-state index contributed by atoms with van der Waals surface area (Å²) in [5.74, 6) is 2.50. The minimum absolute atomic E-state index is 0.133. The fraction of sp³-hybridized carbons (Fsp3) is 0.600. The summed E-state index contributed by atoms with van der Waals surface area (Å²) in [6.45, 7) is 1.02. The monoisotopic (exact) mass is 340 g/mol. The first-order chi connectivity index (χ1) is 12.1. The van der Waals surface area contributed by atoms with E-state index < -0.39 is 0 Å². The highest BCUT2D eigenvalue weighted by Gasteiger charge is 2.54. The highest BCUT2D eigenvalue weighted by molar-refractivity contribution is 5.96. The number of rotatable bonds is 3. The SMILES string of the molecule is O=C1OCCN1c1ccc(NC(=O)C23CC4CC(CC(C4)C2)C3)cc1. The van der Waals surface area contributed by atoms with Gasteiger partial charge in [0, 0.05) is 11.4 Å². The van der Waals surface area contributed by atoms with Crippen LogP contribution in [0.5, 0.6) is 0 Å². The molecular weight excluding hydrogens is 316 g/mol. The fourth-order valence-corrected chi connectivity index (χ4v) is 6.01. The summed E-state index contributed by atoms with van der Waals surface area (Å²) in [6.07, 6.45) is 6.94. The summed E-state index contributed by atoms with van der Waals surface area (Å²) in [5.41, 5.74) is 1.50. The van der Waals surface area contributed by atoms with Crippen molar-refractivity contribution in [1.29, 1.82) is 0 Å². The molecule has 132 valence electrons. The molecule has 4 bridgehead atoms. The summed E-state index contributed by atoms with van der Waals surface area (Å²) in [4.78, 5) is 26.3. The fourth-order valence-electron chi connectivity index (χ4n) is 6.01. The Balaban J connectivity index is 1.30. The van der Waals surface area contributed by atoms with Crippen LogP contribution in [0.2, 0.25) is 0 Å². The predicted molar refractivity (Wildman–Crippen MR) is 94.4 cm³/mol. The standard InChI is InChI=1S/C20H24N2O3/c23-18(20-10-13-7-14(11-20)9-15(8-13)12-20)21-16-1-3-17(4-2-16)22-5-6-25-19(22)24/h1-4,13-15H,5-12H2,(H,21,23). The molecule has 0 unspecified atom stereocenters. The van der Waals surface area contributed by atoms with Gasteiger partial charge in [-0.1, -0.05) is 0 Å². The van der Waals surface area contributed by atoms with Crippen molar-refractivity contribution in [2.75, 3.05) is 23.4 Å². The number of hydrogen-bond acceptors (Lipinski definition) is 3.